The van der Waals surface area contributed by atoms with E-state index in [2.05, 4.69) is 27.4 Å². The molecule has 4 N–H and O–H groups in total. The van der Waals surface area contributed by atoms with Crippen LogP contribution in [0.2, 0.25) is 10.0 Å². The zero-order valence-corrected chi connectivity index (χ0v) is 35.9. The lowest BCUT2D eigenvalue weighted by atomic mass is 9.92. The molecule has 0 saturated heterocycles. The Bertz CT molecular complexity index is 2680. The highest BCUT2D eigenvalue weighted by Gasteiger charge is 2.18. The van der Waals surface area contributed by atoms with Gasteiger partial charge in [-0.3, -0.25) is 14.8 Å². The minimum absolute atomic E-state index is 0.0331. The standard InChI is InChI=1S/C48H43Cl2N5O8/c1-29-35(27-62-46-14-44(60-25-33-9-31(16-51)18-53-20-33)37(11-42(46)49)22-55-23-39(57)13-48(58)59)5-3-7-40(29)41-8-4-6-36(30(41)2)28-63-47-15-45(38(24-56)12-43(47)50)61-26-34-10-32(17-52)19-54-21-34/h3-12,14-15,18-21,39,55-57H,13,22-28H2,1-2H3,(H,58,59). The normalized spacial score (nSPS) is 11.3. The molecule has 0 saturated carbocycles. The number of nitriles is 2. The second-order valence-electron chi connectivity index (χ2n) is 14.5. The van der Waals surface area contributed by atoms with E-state index < -0.39 is 18.5 Å². The minimum atomic E-state index is -1.10. The van der Waals surface area contributed by atoms with Crippen molar-refractivity contribution in [1.82, 2.24) is 15.3 Å². The number of hydrogen-bond acceptors (Lipinski definition) is 12. The second-order valence-corrected chi connectivity index (χ2v) is 15.4. The summed E-state index contributed by atoms with van der Waals surface area (Å²) in [4.78, 5) is 19.2. The van der Waals surface area contributed by atoms with E-state index >= 15 is 0 Å². The van der Waals surface area contributed by atoms with Crippen LogP contribution in [-0.2, 0) is 44.4 Å². The van der Waals surface area contributed by atoms with Crippen LogP contribution in [0.5, 0.6) is 23.0 Å². The van der Waals surface area contributed by atoms with Gasteiger partial charge in [-0.25, -0.2) is 0 Å². The summed E-state index contributed by atoms with van der Waals surface area (Å²) in [6.45, 7) is 4.60. The molecule has 322 valence electrons. The first-order chi connectivity index (χ1) is 30.5. The maximum atomic E-state index is 11.0. The lowest BCUT2D eigenvalue weighted by molar-refractivity contribution is -0.139. The van der Waals surface area contributed by atoms with Gasteiger partial charge in [0.25, 0.3) is 0 Å². The molecular formula is C48H43Cl2N5O8. The van der Waals surface area contributed by atoms with Crippen molar-refractivity contribution in [3.8, 4) is 46.3 Å². The van der Waals surface area contributed by atoms with Gasteiger partial charge < -0.3 is 39.6 Å². The van der Waals surface area contributed by atoms with Crippen LogP contribution < -0.4 is 24.3 Å². The van der Waals surface area contributed by atoms with Gasteiger partial charge in [0.15, 0.2) is 0 Å². The van der Waals surface area contributed by atoms with Crippen LogP contribution >= 0.6 is 23.2 Å². The molecule has 0 spiro atoms. The molecule has 6 aromatic rings. The van der Waals surface area contributed by atoms with Gasteiger partial charge in [-0.05, 0) is 71.5 Å². The van der Waals surface area contributed by atoms with Crippen molar-refractivity contribution >= 4 is 29.2 Å². The van der Waals surface area contributed by atoms with Gasteiger partial charge in [0.05, 0.1) is 40.3 Å². The smallest absolute Gasteiger partial charge is 0.306 e. The number of aliphatic carboxylic acids is 1. The lowest BCUT2D eigenvalue weighted by Crippen LogP contribution is -2.28. The van der Waals surface area contributed by atoms with E-state index in [1.54, 1.807) is 48.8 Å². The highest BCUT2D eigenvalue weighted by molar-refractivity contribution is 6.32. The molecule has 15 heteroatoms. The molecule has 2 heterocycles. The molecule has 13 nitrogen and oxygen atoms in total. The van der Waals surface area contributed by atoms with Crippen molar-refractivity contribution in [3.63, 3.8) is 0 Å². The van der Waals surface area contributed by atoms with Crippen LogP contribution in [0.25, 0.3) is 11.1 Å². The number of aromatic nitrogens is 2. The van der Waals surface area contributed by atoms with E-state index in [0.717, 1.165) is 33.4 Å². The molecule has 0 aliphatic heterocycles. The summed E-state index contributed by atoms with van der Waals surface area (Å²) in [5.41, 5.74) is 9.16. The van der Waals surface area contributed by atoms with Crippen molar-refractivity contribution in [1.29, 1.82) is 10.5 Å². The predicted molar refractivity (Wildman–Crippen MR) is 235 cm³/mol. The number of carboxylic acids is 1. The number of aliphatic hydroxyl groups excluding tert-OH is 2. The third-order valence-electron chi connectivity index (χ3n) is 10.1. The van der Waals surface area contributed by atoms with Crippen molar-refractivity contribution in [2.24, 2.45) is 0 Å². The summed E-state index contributed by atoms with van der Waals surface area (Å²) >= 11 is 13.4. The van der Waals surface area contributed by atoms with Crippen molar-refractivity contribution in [2.45, 2.75) is 66.0 Å². The zero-order chi connectivity index (χ0) is 44.9. The van der Waals surface area contributed by atoms with E-state index in [-0.39, 0.29) is 46.1 Å². The Morgan fingerprint density at radius 3 is 1.63 bits per heavy atom. The number of benzene rings is 4. The third-order valence-corrected chi connectivity index (χ3v) is 10.7. The summed E-state index contributed by atoms with van der Waals surface area (Å²) in [6.07, 6.45) is 4.66. The molecular weight excluding hydrogens is 845 g/mol. The van der Waals surface area contributed by atoms with Crippen molar-refractivity contribution in [3.05, 3.63) is 163 Å². The first-order valence-corrected chi connectivity index (χ1v) is 20.4. The van der Waals surface area contributed by atoms with Gasteiger partial charge in [-0.1, -0.05) is 59.6 Å². The number of hydrogen-bond donors (Lipinski definition) is 4. The number of nitrogens with zero attached hydrogens (tertiary/aromatic N) is 4. The number of rotatable bonds is 20. The molecule has 6 rings (SSSR count). The van der Waals surface area contributed by atoms with Gasteiger partial charge in [0, 0.05) is 72.3 Å². The molecule has 2 aromatic heterocycles. The Morgan fingerprint density at radius 1 is 0.683 bits per heavy atom. The Hall–Kier alpha value is -6.71. The summed E-state index contributed by atoms with van der Waals surface area (Å²) in [7, 11) is 0. The molecule has 0 fully saturated rings. The SMILES string of the molecule is Cc1c(COc2cc(OCc3cncc(C#N)c3)c(CO)cc2Cl)cccc1-c1cccc(COc2cc(OCc3cncc(C#N)c3)c(CNCC(O)CC(=O)O)cc2Cl)c1C. The van der Waals surface area contributed by atoms with E-state index in [1.807, 2.05) is 50.2 Å². The molecule has 0 bridgehead atoms. The van der Waals surface area contributed by atoms with Gasteiger partial charge in [-0.15, -0.1) is 0 Å². The monoisotopic (exact) mass is 887 g/mol. The first kappa shape index (κ1) is 45.8. The maximum Gasteiger partial charge on any atom is 0.306 e. The summed E-state index contributed by atoms with van der Waals surface area (Å²) < 4.78 is 24.8. The van der Waals surface area contributed by atoms with Crippen molar-refractivity contribution < 1.29 is 39.1 Å². The van der Waals surface area contributed by atoms with Crippen LogP contribution in [-0.4, -0.2) is 43.9 Å². The number of aliphatic hydroxyl groups is 2. The topological polar surface area (TPSA) is 200 Å². The van der Waals surface area contributed by atoms with E-state index in [4.69, 9.17) is 47.3 Å². The summed E-state index contributed by atoms with van der Waals surface area (Å²) in [6, 6.07) is 26.1. The zero-order valence-electron chi connectivity index (χ0n) is 34.4. The van der Waals surface area contributed by atoms with E-state index in [0.29, 0.717) is 66.4 Å². The Kier molecular flexibility index (Phi) is 15.9. The highest BCUT2D eigenvalue weighted by atomic mass is 35.5. The molecule has 0 aliphatic rings. The average Bonchev–Trinajstić information content (AvgIpc) is 3.28. The molecule has 0 radical (unpaired) electrons. The minimum Gasteiger partial charge on any atom is -0.488 e. The van der Waals surface area contributed by atoms with Gasteiger partial charge in [-0.2, -0.15) is 10.5 Å². The second kappa shape index (κ2) is 21.9. The number of carboxylic acid groups (broad SMARTS) is 1. The largest absolute Gasteiger partial charge is 0.488 e. The van der Waals surface area contributed by atoms with Crippen LogP contribution in [0, 0.1) is 36.5 Å². The quantitative estimate of drug-likeness (QED) is 0.0569. The molecule has 1 atom stereocenters. The summed E-state index contributed by atoms with van der Waals surface area (Å²) in [5.74, 6) is 0.472. The Labute approximate surface area is 374 Å². The van der Waals surface area contributed by atoms with Gasteiger partial charge in [0.2, 0.25) is 0 Å². The fourth-order valence-electron chi connectivity index (χ4n) is 6.70. The van der Waals surface area contributed by atoms with Gasteiger partial charge in [0.1, 0.15) is 61.6 Å². The van der Waals surface area contributed by atoms with E-state index in [1.165, 1.54) is 12.4 Å². The third kappa shape index (κ3) is 12.2. The predicted octanol–water partition coefficient (Wildman–Crippen LogP) is 8.54. The molecule has 63 heavy (non-hydrogen) atoms. The number of carbonyl (C=O) groups is 1. The van der Waals surface area contributed by atoms with Crippen LogP contribution in [0.15, 0.2) is 97.6 Å². The molecule has 4 aromatic carbocycles. The number of pyridine rings is 2. The van der Waals surface area contributed by atoms with Crippen molar-refractivity contribution in [2.75, 3.05) is 6.54 Å². The Balaban J connectivity index is 1.17. The average molecular weight is 889 g/mol. The molecule has 0 amide bonds. The number of ether oxygens (including phenoxy) is 4. The molecule has 0 aliphatic carbocycles. The van der Waals surface area contributed by atoms with Crippen LogP contribution in [0.3, 0.4) is 0 Å². The molecule has 1 unspecified atom stereocenters. The number of halogens is 2. The fraction of sp³-hybridized carbons (Fsp3) is 0.229. The summed E-state index contributed by atoms with van der Waals surface area (Å²) in [5, 5.41) is 51.3. The fourth-order valence-corrected chi connectivity index (χ4v) is 7.18. The highest BCUT2D eigenvalue weighted by Crippen LogP contribution is 2.37. The maximum absolute atomic E-state index is 11.0. The van der Waals surface area contributed by atoms with E-state index in [9.17, 15) is 25.5 Å². The van der Waals surface area contributed by atoms with Crippen LogP contribution in [0.4, 0.5) is 0 Å². The lowest BCUT2D eigenvalue weighted by Gasteiger charge is -2.19. The first-order valence-electron chi connectivity index (χ1n) is 19.7. The number of nitrogens with one attached hydrogen (secondary N) is 1. The van der Waals surface area contributed by atoms with Gasteiger partial charge >= 0.3 is 5.97 Å². The van der Waals surface area contributed by atoms with Crippen LogP contribution in [0.1, 0.15) is 62.1 Å². The Morgan fingerprint density at radius 2 is 1.16 bits per heavy atom.